The molecule has 1 heterocycles. The van der Waals surface area contributed by atoms with Crippen LogP contribution in [-0.2, 0) is 4.79 Å². The third-order valence-electron chi connectivity index (χ3n) is 3.00. The quantitative estimate of drug-likeness (QED) is 0.865. The number of carbonyl (C=O) groups excluding carboxylic acids is 1. The summed E-state index contributed by atoms with van der Waals surface area (Å²) in [6.07, 6.45) is 0.222. The lowest BCUT2D eigenvalue weighted by Gasteiger charge is -2.16. The number of aromatic nitrogens is 1. The number of carbonyl (C=O) groups is 1. The molecule has 0 saturated heterocycles. The highest BCUT2D eigenvalue weighted by molar-refractivity contribution is 7.14. The van der Waals surface area contributed by atoms with Crippen molar-refractivity contribution in [2.45, 2.75) is 13.3 Å². The molecule has 0 aliphatic carbocycles. The Morgan fingerprint density at radius 1 is 1.45 bits per heavy atom. The van der Waals surface area contributed by atoms with Gasteiger partial charge in [-0.3, -0.25) is 9.69 Å². The van der Waals surface area contributed by atoms with Crippen molar-refractivity contribution < 1.29 is 4.79 Å². The summed E-state index contributed by atoms with van der Waals surface area (Å²) in [5, 5.41) is 11.2. The second-order valence-electron chi connectivity index (χ2n) is 4.54. The molecule has 0 N–H and O–H groups in total. The minimum absolute atomic E-state index is 0.0829. The van der Waals surface area contributed by atoms with Crippen molar-refractivity contribution in [3.8, 4) is 17.3 Å². The van der Waals surface area contributed by atoms with E-state index in [1.54, 1.807) is 14.0 Å². The molecule has 0 fully saturated rings. The van der Waals surface area contributed by atoms with E-state index in [0.29, 0.717) is 5.13 Å². The second-order valence-corrected chi connectivity index (χ2v) is 5.38. The monoisotopic (exact) mass is 285 g/mol. The maximum Gasteiger partial charge on any atom is 0.232 e. The number of rotatable bonds is 4. The summed E-state index contributed by atoms with van der Waals surface area (Å²) in [6.45, 7) is 1.76. The molecule has 0 unspecified atom stereocenters. The fourth-order valence-corrected chi connectivity index (χ4v) is 2.61. The molecule has 1 aromatic carbocycles. The van der Waals surface area contributed by atoms with Crippen LogP contribution in [0.15, 0.2) is 35.7 Å². The first-order chi connectivity index (χ1) is 9.63. The number of amides is 1. The molecule has 0 aliphatic rings. The van der Waals surface area contributed by atoms with Crippen LogP contribution < -0.4 is 4.90 Å². The van der Waals surface area contributed by atoms with Gasteiger partial charge in [0.15, 0.2) is 5.13 Å². The van der Waals surface area contributed by atoms with Crippen LogP contribution in [0.1, 0.15) is 13.3 Å². The van der Waals surface area contributed by atoms with Crippen molar-refractivity contribution in [3.63, 3.8) is 0 Å². The van der Waals surface area contributed by atoms with Crippen LogP contribution in [0.4, 0.5) is 5.13 Å². The first kappa shape index (κ1) is 14.2. The van der Waals surface area contributed by atoms with Gasteiger partial charge in [0.2, 0.25) is 5.91 Å². The van der Waals surface area contributed by atoms with E-state index in [2.05, 4.69) is 4.98 Å². The van der Waals surface area contributed by atoms with Gasteiger partial charge in [-0.2, -0.15) is 5.26 Å². The molecule has 1 aromatic heterocycles. The smallest absolute Gasteiger partial charge is 0.232 e. The van der Waals surface area contributed by atoms with E-state index in [4.69, 9.17) is 5.26 Å². The van der Waals surface area contributed by atoms with Crippen LogP contribution in [0, 0.1) is 17.2 Å². The highest BCUT2D eigenvalue weighted by Gasteiger charge is 2.20. The first-order valence-electron chi connectivity index (χ1n) is 6.29. The molecule has 0 bridgehead atoms. The van der Waals surface area contributed by atoms with E-state index in [9.17, 15) is 4.79 Å². The largest absolute Gasteiger partial charge is 0.291 e. The van der Waals surface area contributed by atoms with Crippen molar-refractivity contribution in [1.82, 2.24) is 4.98 Å². The van der Waals surface area contributed by atoms with Crippen molar-refractivity contribution >= 4 is 22.4 Å². The minimum atomic E-state index is -0.311. The number of nitrogens with zero attached hydrogens (tertiary/aromatic N) is 3. The number of nitriles is 1. The Hall–Kier alpha value is -2.19. The van der Waals surface area contributed by atoms with Gasteiger partial charge in [0.05, 0.1) is 11.8 Å². The molecule has 1 amide bonds. The molecule has 0 aliphatic heterocycles. The van der Waals surface area contributed by atoms with Gasteiger partial charge < -0.3 is 0 Å². The van der Waals surface area contributed by atoms with E-state index >= 15 is 0 Å². The van der Waals surface area contributed by atoms with Crippen LogP contribution in [0.5, 0.6) is 0 Å². The lowest BCUT2D eigenvalue weighted by atomic mass is 10.1. The van der Waals surface area contributed by atoms with Gasteiger partial charge in [-0.1, -0.05) is 37.3 Å². The average molecular weight is 285 g/mol. The molecule has 0 radical (unpaired) electrons. The number of anilines is 1. The predicted octanol–water partition coefficient (Wildman–Crippen LogP) is 3.32. The molecule has 20 heavy (non-hydrogen) atoms. The normalized spacial score (nSPS) is 11.7. The molecule has 5 heteroatoms. The highest BCUT2D eigenvalue weighted by atomic mass is 32.1. The van der Waals surface area contributed by atoms with E-state index in [0.717, 1.165) is 11.3 Å². The summed E-state index contributed by atoms with van der Waals surface area (Å²) in [5.74, 6) is -0.394. The number of thiazole rings is 1. The van der Waals surface area contributed by atoms with Crippen molar-refractivity contribution in [2.75, 3.05) is 11.9 Å². The summed E-state index contributed by atoms with van der Waals surface area (Å²) >= 11 is 1.43. The van der Waals surface area contributed by atoms with Crippen LogP contribution in [0.2, 0.25) is 0 Å². The minimum Gasteiger partial charge on any atom is -0.291 e. The Balaban J connectivity index is 2.17. The zero-order valence-electron chi connectivity index (χ0n) is 11.4. The van der Waals surface area contributed by atoms with E-state index in [1.807, 2.05) is 41.8 Å². The van der Waals surface area contributed by atoms with Crippen molar-refractivity contribution in [2.24, 2.45) is 5.92 Å². The highest BCUT2D eigenvalue weighted by Crippen LogP contribution is 2.27. The first-order valence-corrected chi connectivity index (χ1v) is 7.17. The molecule has 1 atom stereocenters. The summed E-state index contributed by atoms with van der Waals surface area (Å²) in [7, 11) is 1.70. The molecule has 0 saturated carbocycles. The predicted molar refractivity (Wildman–Crippen MR) is 80.4 cm³/mol. The van der Waals surface area contributed by atoms with Gasteiger partial charge in [-0.15, -0.1) is 11.3 Å². The molecular formula is C15H15N3OS. The Morgan fingerprint density at radius 3 is 2.80 bits per heavy atom. The van der Waals surface area contributed by atoms with Crippen molar-refractivity contribution in [1.29, 1.82) is 5.26 Å². The van der Waals surface area contributed by atoms with Crippen LogP contribution in [-0.4, -0.2) is 17.9 Å². The van der Waals surface area contributed by atoms with Gasteiger partial charge in [0.1, 0.15) is 0 Å². The molecule has 102 valence electrons. The fraction of sp³-hybridized carbons (Fsp3) is 0.267. The number of hydrogen-bond acceptors (Lipinski definition) is 4. The Labute approximate surface area is 122 Å². The number of benzene rings is 1. The topological polar surface area (TPSA) is 57.0 Å². The van der Waals surface area contributed by atoms with Crippen LogP contribution >= 0.6 is 11.3 Å². The average Bonchev–Trinajstić information content (AvgIpc) is 2.96. The Kier molecular flexibility index (Phi) is 4.49. The van der Waals surface area contributed by atoms with E-state index in [-0.39, 0.29) is 18.2 Å². The van der Waals surface area contributed by atoms with E-state index < -0.39 is 0 Å². The molecule has 2 aromatic rings. The Bertz CT molecular complexity index is 630. The fourth-order valence-electron chi connectivity index (χ4n) is 1.81. The molecule has 2 rings (SSSR count). The van der Waals surface area contributed by atoms with E-state index in [1.165, 1.54) is 16.2 Å². The molecule has 4 nitrogen and oxygen atoms in total. The zero-order valence-corrected chi connectivity index (χ0v) is 12.2. The van der Waals surface area contributed by atoms with Gasteiger partial charge in [-0.05, 0) is 0 Å². The Morgan fingerprint density at radius 2 is 2.15 bits per heavy atom. The maximum absolute atomic E-state index is 12.1. The molecule has 0 spiro atoms. The molecular weight excluding hydrogens is 270 g/mol. The lowest BCUT2D eigenvalue weighted by Crippen LogP contribution is -2.31. The zero-order chi connectivity index (χ0) is 14.5. The van der Waals surface area contributed by atoms with Gasteiger partial charge in [0, 0.05) is 30.3 Å². The van der Waals surface area contributed by atoms with Gasteiger partial charge in [0.25, 0.3) is 0 Å². The lowest BCUT2D eigenvalue weighted by molar-refractivity contribution is -0.121. The summed E-state index contributed by atoms with van der Waals surface area (Å²) < 4.78 is 0. The summed E-state index contributed by atoms with van der Waals surface area (Å²) in [5.41, 5.74) is 1.89. The van der Waals surface area contributed by atoms with Crippen LogP contribution in [0.3, 0.4) is 0 Å². The van der Waals surface area contributed by atoms with Gasteiger partial charge in [-0.25, -0.2) is 4.98 Å². The van der Waals surface area contributed by atoms with Crippen molar-refractivity contribution in [3.05, 3.63) is 35.7 Å². The number of hydrogen-bond donors (Lipinski definition) is 0. The third-order valence-corrected chi connectivity index (χ3v) is 3.92. The van der Waals surface area contributed by atoms with Gasteiger partial charge >= 0.3 is 0 Å². The SMILES string of the molecule is C[C@H](CC#N)C(=O)N(C)c1nc(-c2ccccc2)cs1. The standard InChI is InChI=1S/C15H15N3OS/c1-11(8-9-16)14(19)18(2)15-17-13(10-20-15)12-6-4-3-5-7-12/h3-7,10-11H,8H2,1-2H3/t11-/m1/s1. The summed E-state index contributed by atoms with van der Waals surface area (Å²) in [6, 6.07) is 11.9. The van der Waals surface area contributed by atoms with Crippen LogP contribution in [0.25, 0.3) is 11.3 Å². The summed E-state index contributed by atoms with van der Waals surface area (Å²) in [4.78, 5) is 18.1. The third kappa shape index (κ3) is 3.03. The second kappa shape index (κ2) is 6.31. The maximum atomic E-state index is 12.1.